The minimum absolute atomic E-state index is 0.139. The molecular weight excluding hydrogens is 184 g/mol. The molecule has 0 amide bonds. The van der Waals surface area contributed by atoms with Gasteiger partial charge in [-0.15, -0.1) is 0 Å². The normalized spacial score (nSPS) is 40.5. The van der Waals surface area contributed by atoms with Crippen molar-refractivity contribution in [1.82, 2.24) is 0 Å². The highest BCUT2D eigenvalue weighted by atomic mass is 16.7. The number of ether oxygens (including phenoxy) is 2. The van der Waals surface area contributed by atoms with Gasteiger partial charge in [0.2, 0.25) is 5.79 Å². The molecule has 0 aliphatic carbocycles. The van der Waals surface area contributed by atoms with E-state index in [1.165, 1.54) is 0 Å². The first-order chi connectivity index (χ1) is 6.47. The molecule has 80 valence electrons. The number of hydrogen-bond acceptors (Lipinski definition) is 4. The van der Waals surface area contributed by atoms with Gasteiger partial charge in [0.05, 0.1) is 5.60 Å². The van der Waals surface area contributed by atoms with Crippen LogP contribution in [0.2, 0.25) is 0 Å². The summed E-state index contributed by atoms with van der Waals surface area (Å²) in [6.45, 7) is 3.67. The van der Waals surface area contributed by atoms with Crippen LogP contribution in [0.4, 0.5) is 0 Å². The summed E-state index contributed by atoms with van der Waals surface area (Å²) < 4.78 is 10.8. The molecule has 2 unspecified atom stereocenters. The molecule has 2 atom stereocenters. The summed E-state index contributed by atoms with van der Waals surface area (Å²) in [5, 5.41) is 9.30. The second kappa shape index (κ2) is 2.94. The lowest BCUT2D eigenvalue weighted by molar-refractivity contribution is -0.273. The van der Waals surface area contributed by atoms with Crippen LogP contribution in [0.1, 0.15) is 33.1 Å². The molecule has 2 fully saturated rings. The monoisotopic (exact) mass is 200 g/mol. The van der Waals surface area contributed by atoms with Crippen LogP contribution >= 0.6 is 0 Å². The number of rotatable bonds is 1. The van der Waals surface area contributed by atoms with E-state index >= 15 is 0 Å². The Hall–Kier alpha value is -0.610. The summed E-state index contributed by atoms with van der Waals surface area (Å²) in [5.74, 6) is -1.19. The Bertz CT molecular complexity index is 261. The first-order valence-corrected chi connectivity index (χ1v) is 5.00. The van der Waals surface area contributed by atoms with Gasteiger partial charge in [-0.1, -0.05) is 0 Å². The molecular formula is C10H16O4. The van der Waals surface area contributed by atoms with E-state index in [9.17, 15) is 9.90 Å². The molecule has 2 aliphatic rings. The van der Waals surface area contributed by atoms with E-state index in [1.807, 2.05) is 13.8 Å². The zero-order valence-electron chi connectivity index (χ0n) is 8.58. The van der Waals surface area contributed by atoms with Gasteiger partial charge in [0.1, 0.15) is 6.61 Å². The van der Waals surface area contributed by atoms with E-state index < -0.39 is 5.79 Å². The van der Waals surface area contributed by atoms with Crippen molar-refractivity contribution < 1.29 is 19.4 Å². The van der Waals surface area contributed by atoms with E-state index in [0.717, 1.165) is 12.8 Å². The SMILES string of the molecule is CC1(C)CC2CCC(=O)OC2(CO)O1. The van der Waals surface area contributed by atoms with Crippen LogP contribution in [0, 0.1) is 5.92 Å². The number of hydrogen-bond donors (Lipinski definition) is 1. The number of aliphatic hydroxyl groups excluding tert-OH is 1. The fraction of sp³-hybridized carbons (Fsp3) is 0.900. The summed E-state index contributed by atoms with van der Waals surface area (Å²) in [5.41, 5.74) is -0.308. The van der Waals surface area contributed by atoms with Gasteiger partial charge < -0.3 is 14.6 Å². The fourth-order valence-corrected chi connectivity index (χ4v) is 2.50. The molecule has 0 saturated carbocycles. The Morgan fingerprint density at radius 3 is 2.93 bits per heavy atom. The molecule has 0 aromatic heterocycles. The first-order valence-electron chi connectivity index (χ1n) is 5.00. The third-order valence-electron chi connectivity index (χ3n) is 3.01. The topological polar surface area (TPSA) is 55.8 Å². The number of fused-ring (bicyclic) bond motifs is 1. The lowest BCUT2D eigenvalue weighted by Gasteiger charge is -2.36. The third kappa shape index (κ3) is 1.42. The van der Waals surface area contributed by atoms with Crippen LogP contribution in [-0.4, -0.2) is 29.1 Å². The smallest absolute Gasteiger partial charge is 0.308 e. The van der Waals surface area contributed by atoms with E-state index in [1.54, 1.807) is 0 Å². The summed E-state index contributed by atoms with van der Waals surface area (Å²) in [7, 11) is 0. The Kier molecular flexibility index (Phi) is 2.08. The van der Waals surface area contributed by atoms with E-state index in [4.69, 9.17) is 9.47 Å². The molecule has 2 aliphatic heterocycles. The van der Waals surface area contributed by atoms with Crippen LogP contribution in [0.25, 0.3) is 0 Å². The highest BCUT2D eigenvalue weighted by Crippen LogP contribution is 2.47. The highest BCUT2D eigenvalue weighted by molar-refractivity contribution is 5.70. The maximum Gasteiger partial charge on any atom is 0.308 e. The largest absolute Gasteiger partial charge is 0.430 e. The van der Waals surface area contributed by atoms with E-state index in [2.05, 4.69) is 0 Å². The molecule has 0 spiro atoms. The molecule has 2 heterocycles. The molecule has 1 N–H and O–H groups in total. The van der Waals surface area contributed by atoms with E-state index in [0.29, 0.717) is 6.42 Å². The molecule has 2 saturated heterocycles. The van der Waals surface area contributed by atoms with Crippen molar-refractivity contribution in [3.8, 4) is 0 Å². The zero-order chi connectivity index (χ0) is 10.4. The molecule has 4 heteroatoms. The highest BCUT2D eigenvalue weighted by Gasteiger charge is 2.56. The van der Waals surface area contributed by atoms with Crippen molar-refractivity contribution in [1.29, 1.82) is 0 Å². The summed E-state index contributed by atoms with van der Waals surface area (Å²) >= 11 is 0. The first kappa shape index (κ1) is 9.93. The third-order valence-corrected chi connectivity index (χ3v) is 3.01. The van der Waals surface area contributed by atoms with Crippen LogP contribution in [0.5, 0.6) is 0 Å². The molecule has 14 heavy (non-hydrogen) atoms. The molecule has 2 rings (SSSR count). The average molecular weight is 200 g/mol. The van der Waals surface area contributed by atoms with Crippen LogP contribution in [0.3, 0.4) is 0 Å². The van der Waals surface area contributed by atoms with Gasteiger partial charge in [0, 0.05) is 12.3 Å². The lowest BCUT2D eigenvalue weighted by atomic mass is 9.87. The maximum absolute atomic E-state index is 11.2. The van der Waals surface area contributed by atoms with Crippen molar-refractivity contribution in [2.45, 2.75) is 44.5 Å². The van der Waals surface area contributed by atoms with Crippen molar-refractivity contribution >= 4 is 5.97 Å². The van der Waals surface area contributed by atoms with Crippen molar-refractivity contribution in [2.24, 2.45) is 5.92 Å². The summed E-state index contributed by atoms with van der Waals surface area (Å²) in [4.78, 5) is 11.2. The summed E-state index contributed by atoms with van der Waals surface area (Å²) in [6.07, 6.45) is 2.02. The summed E-state index contributed by atoms with van der Waals surface area (Å²) in [6, 6.07) is 0. The second-order valence-corrected chi connectivity index (χ2v) is 4.75. The maximum atomic E-state index is 11.2. The lowest BCUT2D eigenvalue weighted by Crippen LogP contribution is -2.48. The Labute approximate surface area is 83.2 Å². The predicted octanol–water partition coefficient (Wildman–Crippen LogP) is 0.827. The van der Waals surface area contributed by atoms with Crippen molar-refractivity contribution in [2.75, 3.05) is 6.61 Å². The van der Waals surface area contributed by atoms with Gasteiger partial charge in [-0.05, 0) is 26.7 Å². The van der Waals surface area contributed by atoms with Gasteiger partial charge in [-0.3, -0.25) is 4.79 Å². The molecule has 0 aromatic rings. The minimum Gasteiger partial charge on any atom is -0.430 e. The van der Waals surface area contributed by atoms with Gasteiger partial charge in [-0.2, -0.15) is 0 Å². The van der Waals surface area contributed by atoms with E-state index in [-0.39, 0.29) is 24.1 Å². The number of carbonyl (C=O) groups excluding carboxylic acids is 1. The standard InChI is InChI=1S/C10H16O4/c1-9(2)5-7-3-4-8(12)13-10(7,6-11)14-9/h7,11H,3-6H2,1-2H3. The second-order valence-electron chi connectivity index (χ2n) is 4.75. The van der Waals surface area contributed by atoms with Gasteiger partial charge >= 0.3 is 5.97 Å². The predicted molar refractivity (Wildman–Crippen MR) is 48.4 cm³/mol. The van der Waals surface area contributed by atoms with Crippen molar-refractivity contribution in [3.05, 3.63) is 0 Å². The average Bonchev–Trinajstić information content (AvgIpc) is 2.35. The van der Waals surface area contributed by atoms with Gasteiger partial charge in [-0.25, -0.2) is 0 Å². The quantitative estimate of drug-likeness (QED) is 0.637. The van der Waals surface area contributed by atoms with Crippen molar-refractivity contribution in [3.63, 3.8) is 0 Å². The molecule has 0 aromatic carbocycles. The minimum atomic E-state index is -1.06. The number of carbonyl (C=O) groups is 1. The Morgan fingerprint density at radius 1 is 1.57 bits per heavy atom. The zero-order valence-corrected chi connectivity index (χ0v) is 8.58. The fourth-order valence-electron chi connectivity index (χ4n) is 2.50. The van der Waals surface area contributed by atoms with Crippen LogP contribution < -0.4 is 0 Å². The van der Waals surface area contributed by atoms with Crippen LogP contribution in [-0.2, 0) is 14.3 Å². The molecule has 4 nitrogen and oxygen atoms in total. The number of esters is 1. The Balaban J connectivity index is 2.24. The number of aliphatic hydroxyl groups is 1. The molecule has 0 radical (unpaired) electrons. The molecule has 0 bridgehead atoms. The Morgan fingerprint density at radius 2 is 2.29 bits per heavy atom. The van der Waals surface area contributed by atoms with Crippen LogP contribution in [0.15, 0.2) is 0 Å². The van der Waals surface area contributed by atoms with Gasteiger partial charge in [0.15, 0.2) is 0 Å². The van der Waals surface area contributed by atoms with Gasteiger partial charge in [0.25, 0.3) is 0 Å².